The van der Waals surface area contributed by atoms with Gasteiger partial charge in [-0.3, -0.25) is 4.79 Å². The molecule has 9 heteroatoms. The summed E-state index contributed by atoms with van der Waals surface area (Å²) in [5.41, 5.74) is 1.34. The predicted octanol–water partition coefficient (Wildman–Crippen LogP) is 6.79. The van der Waals surface area contributed by atoms with Crippen molar-refractivity contribution in [1.29, 1.82) is 0 Å². The molecule has 0 saturated carbocycles. The molecule has 0 radical (unpaired) electrons. The lowest BCUT2D eigenvalue weighted by molar-refractivity contribution is 0.102. The van der Waals surface area contributed by atoms with Gasteiger partial charge in [0.1, 0.15) is 11.6 Å². The normalized spacial score (nSPS) is 10.4. The number of hydrogen-bond donors (Lipinski definition) is 3. The van der Waals surface area contributed by atoms with Crippen LogP contribution in [0.2, 0.25) is 5.02 Å². The molecular weight excluding hydrogens is 465 g/mol. The standard InChI is InChI=1S/C24H23ClFN3O3S/c1-2-3-14-32-22-13-10-17(15-20(22)25)28-24(31)29(33)18-11-8-16(9-12-18)27-23(30)19-6-4-5-7-21(19)26/h4-13,15,33H,2-3,14H2,1H3,(H,27,30)(H,28,31). The Morgan fingerprint density at radius 2 is 1.73 bits per heavy atom. The van der Waals surface area contributed by atoms with Gasteiger partial charge in [-0.2, -0.15) is 0 Å². The van der Waals surface area contributed by atoms with E-state index in [1.165, 1.54) is 18.2 Å². The molecule has 33 heavy (non-hydrogen) atoms. The molecule has 3 aromatic carbocycles. The van der Waals surface area contributed by atoms with Crippen molar-refractivity contribution in [3.63, 3.8) is 0 Å². The fourth-order valence-corrected chi connectivity index (χ4v) is 3.26. The number of anilines is 3. The van der Waals surface area contributed by atoms with Crippen LogP contribution in [0.25, 0.3) is 0 Å². The molecule has 2 N–H and O–H groups in total. The minimum atomic E-state index is -0.606. The number of rotatable bonds is 8. The van der Waals surface area contributed by atoms with E-state index in [9.17, 15) is 14.0 Å². The molecule has 3 aromatic rings. The molecule has 0 saturated heterocycles. The van der Waals surface area contributed by atoms with Crippen molar-refractivity contribution in [2.45, 2.75) is 19.8 Å². The zero-order chi connectivity index (χ0) is 23.8. The number of amides is 3. The number of halogens is 2. The van der Waals surface area contributed by atoms with E-state index in [1.54, 1.807) is 48.5 Å². The Hall–Kier alpha value is -3.23. The van der Waals surface area contributed by atoms with Crippen LogP contribution in [-0.4, -0.2) is 18.5 Å². The minimum Gasteiger partial charge on any atom is -0.492 e. The number of carbonyl (C=O) groups is 2. The first kappa shape index (κ1) is 24.4. The summed E-state index contributed by atoms with van der Waals surface area (Å²) >= 11 is 10.5. The number of carbonyl (C=O) groups excluding carboxylic acids is 2. The van der Waals surface area contributed by atoms with Gasteiger partial charge in [-0.05, 0) is 61.0 Å². The molecule has 0 aliphatic carbocycles. The number of unbranched alkanes of at least 4 members (excludes halogenated alkanes) is 1. The number of benzene rings is 3. The van der Waals surface area contributed by atoms with Crippen LogP contribution in [0.3, 0.4) is 0 Å². The van der Waals surface area contributed by atoms with E-state index >= 15 is 0 Å². The average molecular weight is 488 g/mol. The molecule has 0 unspecified atom stereocenters. The maximum Gasteiger partial charge on any atom is 0.336 e. The summed E-state index contributed by atoms with van der Waals surface area (Å²) < 4.78 is 20.5. The third-order valence-corrected chi connectivity index (χ3v) is 5.33. The summed E-state index contributed by atoms with van der Waals surface area (Å²) in [5.74, 6) is -0.621. The minimum absolute atomic E-state index is 0.0581. The topological polar surface area (TPSA) is 70.7 Å². The second kappa shape index (κ2) is 11.6. The molecule has 6 nitrogen and oxygen atoms in total. The Kier molecular flexibility index (Phi) is 8.57. The van der Waals surface area contributed by atoms with Gasteiger partial charge in [0.05, 0.1) is 22.9 Å². The van der Waals surface area contributed by atoms with Gasteiger partial charge >= 0.3 is 6.03 Å². The van der Waals surface area contributed by atoms with Crippen LogP contribution in [0.15, 0.2) is 66.7 Å². The van der Waals surface area contributed by atoms with Crippen molar-refractivity contribution >= 4 is 53.4 Å². The number of nitrogens with one attached hydrogen (secondary N) is 2. The number of nitrogens with zero attached hydrogens (tertiary/aromatic N) is 1. The molecule has 0 spiro atoms. The highest BCUT2D eigenvalue weighted by Crippen LogP contribution is 2.29. The lowest BCUT2D eigenvalue weighted by atomic mass is 10.2. The van der Waals surface area contributed by atoms with E-state index in [-0.39, 0.29) is 5.56 Å². The molecular formula is C24H23ClFN3O3S. The summed E-state index contributed by atoms with van der Waals surface area (Å²) in [4.78, 5) is 24.8. The Labute approximate surface area is 202 Å². The van der Waals surface area contributed by atoms with Gasteiger partial charge in [-0.1, -0.05) is 49.9 Å². The van der Waals surface area contributed by atoms with Crippen LogP contribution < -0.4 is 19.7 Å². The first-order valence-corrected chi connectivity index (χ1v) is 11.0. The summed E-state index contributed by atoms with van der Waals surface area (Å²) in [6.45, 7) is 2.64. The Morgan fingerprint density at radius 3 is 2.39 bits per heavy atom. The first-order chi connectivity index (χ1) is 15.9. The fourth-order valence-electron chi connectivity index (χ4n) is 2.85. The van der Waals surface area contributed by atoms with Crippen LogP contribution in [-0.2, 0) is 0 Å². The van der Waals surface area contributed by atoms with Crippen LogP contribution in [0.5, 0.6) is 5.75 Å². The quantitative estimate of drug-likeness (QED) is 0.242. The van der Waals surface area contributed by atoms with Gasteiger partial charge in [0.25, 0.3) is 5.91 Å². The van der Waals surface area contributed by atoms with E-state index in [2.05, 4.69) is 30.4 Å². The van der Waals surface area contributed by atoms with E-state index in [0.29, 0.717) is 34.4 Å². The van der Waals surface area contributed by atoms with Crippen molar-refractivity contribution < 1.29 is 18.7 Å². The van der Waals surface area contributed by atoms with E-state index in [0.717, 1.165) is 17.1 Å². The highest BCUT2D eigenvalue weighted by Gasteiger charge is 2.15. The molecule has 3 rings (SSSR count). The van der Waals surface area contributed by atoms with Crippen LogP contribution >= 0.6 is 24.4 Å². The van der Waals surface area contributed by atoms with Crippen molar-refractivity contribution in [3.05, 3.63) is 83.1 Å². The van der Waals surface area contributed by atoms with Crippen molar-refractivity contribution in [2.75, 3.05) is 21.5 Å². The van der Waals surface area contributed by atoms with Gasteiger partial charge in [0, 0.05) is 11.4 Å². The second-order valence-corrected chi connectivity index (χ2v) is 7.88. The van der Waals surface area contributed by atoms with Crippen LogP contribution in [0.1, 0.15) is 30.1 Å². The monoisotopic (exact) mass is 487 g/mol. The number of thiol groups is 1. The van der Waals surface area contributed by atoms with Gasteiger partial charge in [-0.25, -0.2) is 13.5 Å². The summed E-state index contributed by atoms with van der Waals surface area (Å²) in [5, 5.41) is 5.72. The molecule has 3 amide bonds. The molecule has 0 atom stereocenters. The van der Waals surface area contributed by atoms with E-state index in [1.807, 2.05) is 0 Å². The molecule has 0 aliphatic rings. The smallest absolute Gasteiger partial charge is 0.336 e. The third-order valence-electron chi connectivity index (χ3n) is 4.62. The molecule has 0 aliphatic heterocycles. The highest BCUT2D eigenvalue weighted by atomic mass is 35.5. The largest absolute Gasteiger partial charge is 0.492 e. The van der Waals surface area contributed by atoms with Crippen molar-refractivity contribution in [3.8, 4) is 5.75 Å². The molecule has 172 valence electrons. The lowest BCUT2D eigenvalue weighted by Gasteiger charge is -2.17. The molecule has 0 heterocycles. The Morgan fingerprint density at radius 1 is 1.03 bits per heavy atom. The highest BCUT2D eigenvalue weighted by molar-refractivity contribution is 7.82. The fraction of sp³-hybridized carbons (Fsp3) is 0.167. The van der Waals surface area contributed by atoms with Crippen LogP contribution in [0, 0.1) is 5.82 Å². The van der Waals surface area contributed by atoms with Gasteiger partial charge in [-0.15, -0.1) is 0 Å². The lowest BCUT2D eigenvalue weighted by Crippen LogP contribution is -2.26. The third kappa shape index (κ3) is 6.63. The van der Waals surface area contributed by atoms with Crippen molar-refractivity contribution in [2.24, 2.45) is 0 Å². The summed E-state index contributed by atoms with van der Waals surface area (Å²) in [6, 6.07) is 16.6. The number of urea groups is 1. The van der Waals surface area contributed by atoms with Gasteiger partial charge in [0.2, 0.25) is 0 Å². The SMILES string of the molecule is CCCCOc1ccc(NC(=O)N(S)c2ccc(NC(=O)c3ccccc3F)cc2)cc1Cl. The van der Waals surface area contributed by atoms with Crippen molar-refractivity contribution in [1.82, 2.24) is 0 Å². The average Bonchev–Trinajstić information content (AvgIpc) is 2.81. The number of ether oxygens (including phenoxy) is 1. The second-order valence-electron chi connectivity index (χ2n) is 7.07. The summed E-state index contributed by atoms with van der Waals surface area (Å²) in [6.07, 6.45) is 1.94. The molecule has 0 aromatic heterocycles. The summed E-state index contributed by atoms with van der Waals surface area (Å²) in [7, 11) is 0. The zero-order valence-corrected chi connectivity index (χ0v) is 19.5. The predicted molar refractivity (Wildman–Crippen MR) is 133 cm³/mol. The number of hydrogen-bond acceptors (Lipinski definition) is 4. The molecule has 0 fully saturated rings. The Balaban J connectivity index is 1.60. The maximum atomic E-state index is 13.8. The van der Waals surface area contributed by atoms with E-state index in [4.69, 9.17) is 16.3 Å². The van der Waals surface area contributed by atoms with Gasteiger partial charge < -0.3 is 15.4 Å². The zero-order valence-electron chi connectivity index (χ0n) is 17.8. The van der Waals surface area contributed by atoms with E-state index < -0.39 is 17.8 Å². The molecule has 0 bridgehead atoms. The first-order valence-electron chi connectivity index (χ1n) is 10.3. The Bertz CT molecular complexity index is 1130. The maximum absolute atomic E-state index is 13.8. The van der Waals surface area contributed by atoms with Crippen LogP contribution in [0.4, 0.5) is 26.2 Å². The van der Waals surface area contributed by atoms with Gasteiger partial charge in [0.15, 0.2) is 0 Å².